The van der Waals surface area contributed by atoms with Crippen LogP contribution in [-0.2, 0) is 47.9 Å². The van der Waals surface area contributed by atoms with Gasteiger partial charge in [0.25, 0.3) is 5.91 Å². The van der Waals surface area contributed by atoms with Crippen LogP contribution in [0.4, 0.5) is 5.69 Å². The number of aliphatic hydroxyl groups is 2. The number of aromatic hydroxyl groups is 2. The van der Waals surface area contributed by atoms with Crippen molar-refractivity contribution in [3.63, 3.8) is 0 Å². The maximum Gasteiger partial charge on any atom is 0.335 e. The Labute approximate surface area is 400 Å². The average molecular weight is 991 g/mol. The Hall–Kier alpha value is -7.14. The van der Waals surface area contributed by atoms with Gasteiger partial charge in [-0.05, 0) is 78.0 Å². The molecule has 0 spiro atoms. The second-order valence-electron chi connectivity index (χ2n) is 17.1. The average Bonchev–Trinajstić information content (AvgIpc) is 3.30. The molecule has 386 valence electrons. The largest absolute Gasteiger partial charge is 0.504 e. The number of nitrogens with zero attached hydrogens (tertiary/aromatic N) is 2. The van der Waals surface area contributed by atoms with Gasteiger partial charge >= 0.3 is 5.97 Å². The summed E-state index contributed by atoms with van der Waals surface area (Å²) in [6.07, 6.45) is -2.37. The maximum absolute atomic E-state index is 13.7. The summed E-state index contributed by atoms with van der Waals surface area (Å²) < 4.78 is 0. The molecule has 2 fully saturated rings. The fourth-order valence-electron chi connectivity index (χ4n) is 7.68. The van der Waals surface area contributed by atoms with Crippen LogP contribution in [0.25, 0.3) is 6.08 Å². The minimum atomic E-state index is -2.53. The number of aliphatic carboxylic acids is 1. The van der Waals surface area contributed by atoms with Crippen molar-refractivity contribution in [2.24, 2.45) is 11.5 Å². The number of rotatable bonds is 23. The minimum Gasteiger partial charge on any atom is -0.504 e. The quantitative estimate of drug-likeness (QED) is 0.0276. The van der Waals surface area contributed by atoms with Crippen LogP contribution >= 0.6 is 0 Å². The predicted molar refractivity (Wildman–Crippen MR) is 241 cm³/mol. The number of phenols is 2. The Bertz CT molecular complexity index is 2210. The van der Waals surface area contributed by atoms with Gasteiger partial charge in [0.05, 0.1) is 23.5 Å². The fraction of sp³-hybridized carbons (Fsp3) is 0.571. The van der Waals surface area contributed by atoms with Crippen molar-refractivity contribution in [2.45, 2.75) is 133 Å². The number of hydrogen-bond acceptors (Lipinski definition) is 18. The Morgan fingerprint density at radius 2 is 1.46 bits per heavy atom. The molecule has 0 saturated carbocycles. The van der Waals surface area contributed by atoms with E-state index in [-0.39, 0.29) is 58.0 Å². The number of fused-ring (bicyclic) bond motifs is 3. The second kappa shape index (κ2) is 24.9. The third kappa shape index (κ3) is 14.7. The molecule has 28 heteroatoms. The summed E-state index contributed by atoms with van der Waals surface area (Å²) in [5, 5.41) is 80.7. The summed E-state index contributed by atoms with van der Waals surface area (Å²) in [4.78, 5) is 128. The monoisotopic (exact) mass is 990 g/mol. The standard InChI is InChI=1S/C42H62N12O16/c1-18(35(61)50-23-8-6-14-53(70)41(23)67)47-39(65)31(20(3)55)51-36(62)19(2)48-40(66)32(33(60)42(68)69)52-37(63)22(43)7-4-5-12-46-38(64)25-11-13-45-34-24(49-30(59)10-9-29(44)58)15-21-16-27(56)28(57)17-26(21)54(25)34/h15-20,22-23,25,31-34,45,55-57,60,70H,4-14,43H2,1-3H3,(H2,44,58)(H,46,64)(H,47,65)(H,48,66)(H,49,59)(H,50,61)(H,51,62)(H,52,63)(H,68,69). The Morgan fingerprint density at radius 3 is 2.10 bits per heavy atom. The zero-order chi connectivity index (χ0) is 52.1. The summed E-state index contributed by atoms with van der Waals surface area (Å²) >= 11 is 0. The van der Waals surface area contributed by atoms with Crippen LogP contribution in [0.1, 0.15) is 77.7 Å². The number of nitrogens with one attached hydrogen (secondary N) is 8. The normalized spacial score (nSPS) is 20.5. The molecule has 0 aliphatic carbocycles. The van der Waals surface area contributed by atoms with E-state index >= 15 is 0 Å². The number of carbonyl (C=O) groups is 10. The van der Waals surface area contributed by atoms with Crippen LogP contribution in [-0.4, -0.2) is 175 Å². The van der Waals surface area contributed by atoms with Gasteiger partial charge in [-0.3, -0.25) is 53.7 Å². The molecule has 1 aromatic carbocycles. The number of amides is 9. The van der Waals surface area contributed by atoms with Crippen LogP contribution in [0.3, 0.4) is 0 Å². The summed E-state index contributed by atoms with van der Waals surface area (Å²) in [6, 6.07) is -7.48. The molecule has 0 aromatic heterocycles. The summed E-state index contributed by atoms with van der Waals surface area (Å²) in [7, 11) is 0. The molecule has 10 atom stereocenters. The van der Waals surface area contributed by atoms with Gasteiger partial charge in [-0.15, -0.1) is 0 Å². The first-order valence-electron chi connectivity index (χ1n) is 22.4. The molecular weight excluding hydrogens is 929 g/mol. The van der Waals surface area contributed by atoms with Gasteiger partial charge < -0.3 is 79.1 Å². The van der Waals surface area contributed by atoms with E-state index in [9.17, 15) is 78.7 Å². The number of benzene rings is 1. The molecule has 4 rings (SSSR count). The number of phenolic OH excluding ortho intramolecular Hbond substituents is 2. The van der Waals surface area contributed by atoms with E-state index in [1.807, 2.05) is 0 Å². The third-order valence-electron chi connectivity index (χ3n) is 11.6. The highest BCUT2D eigenvalue weighted by Gasteiger charge is 2.41. The molecule has 1 aromatic rings. The van der Waals surface area contributed by atoms with Crippen molar-refractivity contribution < 1.29 is 78.7 Å². The number of hydroxylamine groups is 2. The Balaban J connectivity index is 1.29. The molecule has 3 heterocycles. The highest BCUT2D eigenvalue weighted by atomic mass is 16.5. The molecule has 0 radical (unpaired) electrons. The smallest absolute Gasteiger partial charge is 0.335 e. The van der Waals surface area contributed by atoms with Gasteiger partial charge in [-0.2, -0.15) is 0 Å². The SMILES string of the molecule is CC(NC(=O)C(NC(=O)C(C)NC(=O)C(NC(=O)C(N)CCCCNC(=O)C1CCNC2C(NC(=O)CCC(N)=O)=Cc3cc(O)c(O)cc3N12)C(O)C(=O)O)C(C)O)C(=O)NC1CCCN(O)C1=O. The van der Waals surface area contributed by atoms with E-state index in [1.165, 1.54) is 19.1 Å². The molecule has 0 bridgehead atoms. The van der Waals surface area contributed by atoms with E-state index in [4.69, 9.17) is 11.5 Å². The van der Waals surface area contributed by atoms with E-state index < -0.39 is 131 Å². The van der Waals surface area contributed by atoms with Crippen LogP contribution in [0.5, 0.6) is 11.5 Å². The zero-order valence-electron chi connectivity index (χ0n) is 38.6. The molecule has 28 nitrogen and oxygen atoms in total. The Kier molecular flexibility index (Phi) is 19.8. The summed E-state index contributed by atoms with van der Waals surface area (Å²) in [6.45, 7) is 4.00. The van der Waals surface area contributed by atoms with Gasteiger partial charge in [0.2, 0.25) is 47.3 Å². The number of carboxylic acid groups (broad SMARTS) is 1. The topological polar surface area (TPSA) is 447 Å². The number of carboxylic acids is 1. The molecule has 70 heavy (non-hydrogen) atoms. The van der Waals surface area contributed by atoms with Crippen molar-refractivity contribution in [1.29, 1.82) is 0 Å². The molecule has 18 N–H and O–H groups in total. The number of hydrogen-bond donors (Lipinski definition) is 16. The van der Waals surface area contributed by atoms with Gasteiger partial charge in [0, 0.05) is 37.6 Å². The van der Waals surface area contributed by atoms with Gasteiger partial charge in [0.1, 0.15) is 42.4 Å². The lowest BCUT2D eigenvalue weighted by Crippen LogP contribution is -2.64. The highest BCUT2D eigenvalue weighted by Crippen LogP contribution is 2.41. The third-order valence-corrected chi connectivity index (χ3v) is 11.6. The summed E-state index contributed by atoms with van der Waals surface area (Å²) in [5.74, 6) is -10.6. The predicted octanol–water partition coefficient (Wildman–Crippen LogP) is -5.76. The van der Waals surface area contributed by atoms with Crippen LogP contribution in [0.15, 0.2) is 17.8 Å². The highest BCUT2D eigenvalue weighted by molar-refractivity contribution is 5.98. The number of anilines is 1. The van der Waals surface area contributed by atoms with E-state index in [0.717, 1.165) is 13.8 Å². The van der Waals surface area contributed by atoms with Gasteiger partial charge in [0.15, 0.2) is 17.6 Å². The number of primary amides is 1. The van der Waals surface area contributed by atoms with Crippen LogP contribution in [0, 0.1) is 0 Å². The zero-order valence-corrected chi connectivity index (χ0v) is 38.6. The van der Waals surface area contributed by atoms with Crippen LogP contribution in [0.2, 0.25) is 0 Å². The van der Waals surface area contributed by atoms with Crippen molar-refractivity contribution in [1.82, 2.24) is 47.6 Å². The summed E-state index contributed by atoms with van der Waals surface area (Å²) in [5.41, 5.74) is 12.3. The first-order valence-corrected chi connectivity index (χ1v) is 22.4. The number of nitrogens with two attached hydrogens (primary N) is 2. The molecule has 2 saturated heterocycles. The first-order chi connectivity index (χ1) is 32.9. The van der Waals surface area contributed by atoms with E-state index in [0.29, 0.717) is 35.0 Å². The molecule has 10 unspecified atom stereocenters. The van der Waals surface area contributed by atoms with Crippen LogP contribution < -0.4 is 58.9 Å². The lowest BCUT2D eigenvalue weighted by atomic mass is 9.96. The fourth-order valence-corrected chi connectivity index (χ4v) is 7.68. The van der Waals surface area contributed by atoms with Crippen molar-refractivity contribution in [3.05, 3.63) is 23.4 Å². The van der Waals surface area contributed by atoms with Gasteiger partial charge in [-0.1, -0.05) is 0 Å². The van der Waals surface area contributed by atoms with Crippen molar-refractivity contribution >= 4 is 70.9 Å². The lowest BCUT2D eigenvalue weighted by Gasteiger charge is -2.47. The first kappa shape index (κ1) is 55.5. The lowest BCUT2D eigenvalue weighted by molar-refractivity contribution is -0.173. The van der Waals surface area contributed by atoms with Crippen molar-refractivity contribution in [3.8, 4) is 11.5 Å². The second-order valence-corrected chi connectivity index (χ2v) is 17.1. The maximum atomic E-state index is 13.7. The number of piperidine rings is 1. The van der Waals surface area contributed by atoms with Crippen molar-refractivity contribution in [2.75, 3.05) is 24.5 Å². The Morgan fingerprint density at radius 1 is 0.829 bits per heavy atom. The number of aliphatic hydroxyl groups excluding tert-OH is 2. The molecule has 3 aliphatic rings. The van der Waals surface area contributed by atoms with E-state index in [2.05, 4.69) is 42.5 Å². The molecular formula is C42H62N12O16. The van der Waals surface area contributed by atoms with Gasteiger partial charge in [-0.25, -0.2) is 9.86 Å². The number of carbonyl (C=O) groups excluding carboxylic acids is 9. The molecule has 3 aliphatic heterocycles. The molecule has 9 amide bonds. The minimum absolute atomic E-state index is 0.0532. The van der Waals surface area contributed by atoms with E-state index in [1.54, 1.807) is 11.0 Å². The number of unbranched alkanes of at least 4 members (excludes halogenated alkanes) is 1.